The molecule has 0 aromatic carbocycles. The summed E-state index contributed by atoms with van der Waals surface area (Å²) in [5.41, 5.74) is 6.48. The number of carbonyl (C=O) groups excluding carboxylic acids is 1. The second-order valence-corrected chi connectivity index (χ2v) is 5.68. The third kappa shape index (κ3) is 1.95. The zero-order valence-electron chi connectivity index (χ0n) is 10.1. The van der Waals surface area contributed by atoms with Crippen molar-refractivity contribution in [1.29, 1.82) is 0 Å². The molecule has 3 heterocycles. The van der Waals surface area contributed by atoms with E-state index >= 15 is 0 Å². The van der Waals surface area contributed by atoms with Crippen molar-refractivity contribution in [3.8, 4) is 0 Å². The van der Waals surface area contributed by atoms with Gasteiger partial charge in [-0.3, -0.25) is 9.78 Å². The van der Waals surface area contributed by atoms with Gasteiger partial charge in [-0.25, -0.2) is 0 Å². The second-order valence-electron chi connectivity index (χ2n) is 4.59. The molecule has 3 rings (SSSR count). The number of thiophene rings is 1. The van der Waals surface area contributed by atoms with E-state index in [1.165, 1.54) is 30.6 Å². The van der Waals surface area contributed by atoms with Gasteiger partial charge in [-0.15, -0.1) is 11.3 Å². The van der Waals surface area contributed by atoms with Gasteiger partial charge < -0.3 is 10.6 Å². The number of carbonyl (C=O) groups is 1. The highest BCUT2D eigenvalue weighted by atomic mass is 32.1. The molecule has 1 saturated heterocycles. The minimum atomic E-state index is -0.360. The van der Waals surface area contributed by atoms with Crippen LogP contribution in [0.15, 0.2) is 18.5 Å². The zero-order chi connectivity index (χ0) is 12.5. The highest BCUT2D eigenvalue weighted by Crippen LogP contribution is 2.33. The summed E-state index contributed by atoms with van der Waals surface area (Å²) in [6, 6.07) is 1.90. The normalized spacial score (nSPS) is 16.1. The Morgan fingerprint density at radius 3 is 2.78 bits per heavy atom. The van der Waals surface area contributed by atoms with Gasteiger partial charge in [0.05, 0.1) is 21.5 Å². The summed E-state index contributed by atoms with van der Waals surface area (Å²) in [5, 5.41) is 1.10. The van der Waals surface area contributed by atoms with Crippen molar-refractivity contribution in [2.24, 2.45) is 5.73 Å². The van der Waals surface area contributed by atoms with Crippen molar-refractivity contribution in [3.63, 3.8) is 0 Å². The second kappa shape index (κ2) is 4.57. The summed E-state index contributed by atoms with van der Waals surface area (Å²) in [7, 11) is 0. The lowest BCUT2D eigenvalue weighted by atomic mass is 10.1. The molecule has 1 aliphatic rings. The maximum Gasteiger partial charge on any atom is 0.258 e. The number of anilines is 1. The van der Waals surface area contributed by atoms with Crippen LogP contribution in [0.3, 0.4) is 0 Å². The zero-order valence-corrected chi connectivity index (χ0v) is 10.9. The van der Waals surface area contributed by atoms with Crippen LogP contribution in [-0.2, 0) is 0 Å². The lowest BCUT2D eigenvalue weighted by Crippen LogP contribution is -2.29. The topological polar surface area (TPSA) is 59.2 Å². The molecule has 0 saturated carbocycles. The fourth-order valence-corrected chi connectivity index (χ4v) is 3.36. The number of hydrogen-bond donors (Lipinski definition) is 1. The van der Waals surface area contributed by atoms with Crippen LogP contribution < -0.4 is 10.6 Å². The van der Waals surface area contributed by atoms with E-state index in [1.807, 2.05) is 12.3 Å². The summed E-state index contributed by atoms with van der Waals surface area (Å²) in [5.74, 6) is -0.360. The van der Waals surface area contributed by atoms with E-state index in [0.717, 1.165) is 28.9 Å². The third-order valence-corrected chi connectivity index (χ3v) is 4.45. The summed E-state index contributed by atoms with van der Waals surface area (Å²) in [6.07, 6.45) is 7.45. The van der Waals surface area contributed by atoms with Gasteiger partial charge >= 0.3 is 0 Å². The van der Waals surface area contributed by atoms with E-state index in [2.05, 4.69) is 9.88 Å². The van der Waals surface area contributed by atoms with Crippen LogP contribution in [0.25, 0.3) is 10.1 Å². The predicted molar refractivity (Wildman–Crippen MR) is 74.2 cm³/mol. The molecule has 94 valence electrons. The van der Waals surface area contributed by atoms with Crippen LogP contribution in [0.1, 0.15) is 28.9 Å². The molecule has 2 aromatic heterocycles. The number of hydrogen-bond acceptors (Lipinski definition) is 4. The molecule has 0 aliphatic carbocycles. The quantitative estimate of drug-likeness (QED) is 0.903. The highest BCUT2D eigenvalue weighted by molar-refractivity contribution is 7.20. The van der Waals surface area contributed by atoms with Gasteiger partial charge in [-0.1, -0.05) is 0 Å². The molecular formula is C13H15N3OS. The number of aromatic nitrogens is 1. The Hall–Kier alpha value is -1.62. The van der Waals surface area contributed by atoms with Crippen molar-refractivity contribution in [2.75, 3.05) is 18.0 Å². The number of rotatable bonds is 2. The van der Waals surface area contributed by atoms with Crippen LogP contribution in [0.2, 0.25) is 0 Å². The molecule has 2 aromatic rings. The van der Waals surface area contributed by atoms with E-state index in [-0.39, 0.29) is 5.91 Å². The third-order valence-electron chi connectivity index (χ3n) is 3.36. The van der Waals surface area contributed by atoms with Gasteiger partial charge in [0.2, 0.25) is 0 Å². The van der Waals surface area contributed by atoms with Gasteiger partial charge in [0.1, 0.15) is 0 Å². The molecule has 0 spiro atoms. The first-order chi connectivity index (χ1) is 8.75. The van der Waals surface area contributed by atoms with Crippen molar-refractivity contribution in [3.05, 3.63) is 23.3 Å². The number of fused-ring (bicyclic) bond motifs is 1. The number of amides is 1. The Kier molecular flexibility index (Phi) is 2.91. The maximum absolute atomic E-state index is 11.3. The number of piperidine rings is 1. The van der Waals surface area contributed by atoms with E-state index < -0.39 is 0 Å². The average molecular weight is 261 g/mol. The molecule has 2 N–H and O–H groups in total. The minimum Gasteiger partial charge on any atom is -0.370 e. The molecule has 4 nitrogen and oxygen atoms in total. The average Bonchev–Trinajstić information content (AvgIpc) is 2.83. The van der Waals surface area contributed by atoms with Crippen molar-refractivity contribution in [2.45, 2.75) is 19.3 Å². The summed E-state index contributed by atoms with van der Waals surface area (Å²) >= 11 is 1.42. The standard InChI is InChI=1S/C13H15N3OS/c14-13(17)11-6-9-10(7-15-8-12(9)18-11)16-4-2-1-3-5-16/h6-8H,1-5H2,(H2,14,17). The first-order valence-corrected chi connectivity index (χ1v) is 6.99. The molecule has 0 unspecified atom stereocenters. The molecule has 1 aliphatic heterocycles. The molecule has 0 atom stereocenters. The van der Waals surface area contributed by atoms with Gasteiger partial charge in [0, 0.05) is 24.7 Å². The number of nitrogens with two attached hydrogens (primary N) is 1. The molecule has 1 fully saturated rings. The Morgan fingerprint density at radius 2 is 2.06 bits per heavy atom. The molecule has 0 radical (unpaired) electrons. The Bertz CT molecular complexity index is 587. The monoisotopic (exact) mass is 261 g/mol. The van der Waals surface area contributed by atoms with Crippen LogP contribution in [0.5, 0.6) is 0 Å². The first kappa shape index (κ1) is 11.5. The summed E-state index contributed by atoms with van der Waals surface area (Å²) in [4.78, 5) is 18.5. The number of pyridine rings is 1. The predicted octanol–water partition coefficient (Wildman–Crippen LogP) is 2.39. The van der Waals surface area contributed by atoms with E-state index in [9.17, 15) is 4.79 Å². The van der Waals surface area contributed by atoms with Crippen LogP contribution >= 0.6 is 11.3 Å². The van der Waals surface area contributed by atoms with Crippen LogP contribution in [0, 0.1) is 0 Å². The van der Waals surface area contributed by atoms with E-state index in [4.69, 9.17) is 5.73 Å². The fraction of sp³-hybridized carbons (Fsp3) is 0.385. The smallest absolute Gasteiger partial charge is 0.258 e. The molecule has 0 bridgehead atoms. The fourth-order valence-electron chi connectivity index (χ4n) is 2.45. The van der Waals surface area contributed by atoms with E-state index in [1.54, 1.807) is 6.20 Å². The SMILES string of the molecule is NC(=O)c1cc2c(N3CCCCC3)cncc2s1. The van der Waals surface area contributed by atoms with Crippen molar-refractivity contribution >= 4 is 33.0 Å². The number of nitrogens with zero attached hydrogens (tertiary/aromatic N) is 2. The van der Waals surface area contributed by atoms with E-state index in [0.29, 0.717) is 4.88 Å². The maximum atomic E-state index is 11.3. The van der Waals surface area contributed by atoms with Gasteiger partial charge in [-0.05, 0) is 25.3 Å². The highest BCUT2D eigenvalue weighted by Gasteiger charge is 2.16. The van der Waals surface area contributed by atoms with Gasteiger partial charge in [-0.2, -0.15) is 0 Å². The first-order valence-electron chi connectivity index (χ1n) is 6.18. The molecule has 5 heteroatoms. The summed E-state index contributed by atoms with van der Waals surface area (Å²) < 4.78 is 1.03. The Balaban J connectivity index is 2.07. The van der Waals surface area contributed by atoms with Crippen LogP contribution in [-0.4, -0.2) is 24.0 Å². The Morgan fingerprint density at radius 1 is 1.28 bits per heavy atom. The molecular weight excluding hydrogens is 246 g/mol. The lowest BCUT2D eigenvalue weighted by molar-refractivity contribution is 0.100. The van der Waals surface area contributed by atoms with Crippen molar-refractivity contribution < 1.29 is 4.79 Å². The lowest BCUT2D eigenvalue weighted by Gasteiger charge is -2.28. The molecule has 18 heavy (non-hydrogen) atoms. The van der Waals surface area contributed by atoms with Crippen LogP contribution in [0.4, 0.5) is 5.69 Å². The largest absolute Gasteiger partial charge is 0.370 e. The van der Waals surface area contributed by atoms with Gasteiger partial charge in [0.15, 0.2) is 0 Å². The molecule has 1 amide bonds. The van der Waals surface area contributed by atoms with Gasteiger partial charge in [0.25, 0.3) is 5.91 Å². The number of primary amides is 1. The summed E-state index contributed by atoms with van der Waals surface area (Å²) in [6.45, 7) is 2.14. The Labute approximate surface area is 109 Å². The minimum absolute atomic E-state index is 0.360. The van der Waals surface area contributed by atoms with Crippen molar-refractivity contribution in [1.82, 2.24) is 4.98 Å².